The van der Waals surface area contributed by atoms with Gasteiger partial charge in [-0.3, -0.25) is 24.2 Å². The van der Waals surface area contributed by atoms with Crippen molar-refractivity contribution in [2.24, 2.45) is 11.8 Å². The minimum atomic E-state index is -1.28. The molecular weight excluding hydrogens is 374 g/mol. The molecule has 2 fully saturated rings. The highest BCUT2D eigenvalue weighted by Gasteiger charge is 2.70. The number of fused-ring (bicyclic) bond motifs is 7. The largest absolute Gasteiger partial charge is 0.468 e. The van der Waals surface area contributed by atoms with Crippen LogP contribution in [0.2, 0.25) is 0 Å². The van der Waals surface area contributed by atoms with Crippen molar-refractivity contribution >= 4 is 17.8 Å². The van der Waals surface area contributed by atoms with Gasteiger partial charge in [0, 0.05) is 13.1 Å². The molecule has 2 aromatic rings. The molecule has 5 rings (SSSR count). The summed E-state index contributed by atoms with van der Waals surface area (Å²) in [5.74, 6) is -2.54. The van der Waals surface area contributed by atoms with Gasteiger partial charge in [0.1, 0.15) is 5.54 Å². The number of benzene rings is 1. The van der Waals surface area contributed by atoms with Gasteiger partial charge in [-0.25, -0.2) is 4.68 Å². The summed E-state index contributed by atoms with van der Waals surface area (Å²) in [6.07, 6.45) is 1.65. The number of rotatable bonds is 2. The molecule has 3 aliphatic rings. The van der Waals surface area contributed by atoms with Crippen LogP contribution in [0.5, 0.6) is 0 Å². The molecule has 0 N–H and O–H groups in total. The van der Waals surface area contributed by atoms with Crippen molar-refractivity contribution in [3.05, 3.63) is 41.7 Å². The number of amides is 2. The highest BCUT2D eigenvalue weighted by Crippen LogP contribution is 2.57. The van der Waals surface area contributed by atoms with Gasteiger partial charge in [0.2, 0.25) is 11.8 Å². The van der Waals surface area contributed by atoms with Crippen LogP contribution in [0.1, 0.15) is 31.1 Å². The second-order valence-electron chi connectivity index (χ2n) is 7.83. The molecule has 0 saturated carbocycles. The van der Waals surface area contributed by atoms with E-state index in [1.165, 1.54) is 12.0 Å². The van der Waals surface area contributed by atoms with Gasteiger partial charge < -0.3 is 4.74 Å². The Labute approximate surface area is 167 Å². The summed E-state index contributed by atoms with van der Waals surface area (Å²) in [5, 5.41) is 8.24. The summed E-state index contributed by atoms with van der Waals surface area (Å²) in [4.78, 5) is 42.8. The van der Waals surface area contributed by atoms with Crippen LogP contribution in [-0.2, 0) is 25.7 Å². The van der Waals surface area contributed by atoms with E-state index in [-0.39, 0.29) is 18.4 Å². The lowest BCUT2D eigenvalue weighted by Crippen LogP contribution is -2.55. The Balaban J connectivity index is 1.80. The lowest BCUT2D eigenvalue weighted by Gasteiger charge is -2.38. The van der Waals surface area contributed by atoms with E-state index in [1.807, 2.05) is 29.2 Å². The molecule has 1 aromatic heterocycles. The van der Waals surface area contributed by atoms with Gasteiger partial charge in [0.15, 0.2) is 0 Å². The van der Waals surface area contributed by atoms with E-state index in [2.05, 4.69) is 10.3 Å². The fourth-order valence-corrected chi connectivity index (χ4v) is 5.38. The first-order valence-corrected chi connectivity index (χ1v) is 9.64. The first-order valence-electron chi connectivity index (χ1n) is 9.64. The Morgan fingerprint density at radius 3 is 2.76 bits per heavy atom. The molecule has 1 aromatic carbocycles. The molecular formula is C20H21N5O4. The molecule has 0 bridgehead atoms. The van der Waals surface area contributed by atoms with Crippen molar-refractivity contribution < 1.29 is 19.1 Å². The maximum atomic E-state index is 13.3. The molecule has 0 spiro atoms. The predicted molar refractivity (Wildman–Crippen MR) is 99.4 cm³/mol. The molecule has 0 unspecified atom stereocenters. The third-order valence-electron chi connectivity index (χ3n) is 6.67. The van der Waals surface area contributed by atoms with E-state index < -0.39 is 29.4 Å². The van der Waals surface area contributed by atoms with Crippen molar-refractivity contribution in [1.82, 2.24) is 24.8 Å². The van der Waals surface area contributed by atoms with E-state index in [9.17, 15) is 14.4 Å². The van der Waals surface area contributed by atoms with Crippen LogP contribution in [0.4, 0.5) is 0 Å². The summed E-state index contributed by atoms with van der Waals surface area (Å²) < 4.78 is 6.88. The molecule has 2 amide bonds. The molecule has 0 radical (unpaired) electrons. The van der Waals surface area contributed by atoms with Crippen LogP contribution in [-0.4, -0.2) is 61.8 Å². The SMILES string of the molecule is CCN1C(=O)[C@H]2[C@H]3c4ccccc4-n4nncc4CN3[C@@](C)(C(=O)OC)[C@H]2C1=O. The van der Waals surface area contributed by atoms with Crippen LogP contribution in [0.3, 0.4) is 0 Å². The normalized spacial score (nSPS) is 30.4. The van der Waals surface area contributed by atoms with Gasteiger partial charge in [-0.15, -0.1) is 5.10 Å². The number of ether oxygens (including phenoxy) is 1. The summed E-state index contributed by atoms with van der Waals surface area (Å²) in [5.41, 5.74) is 1.14. The molecule has 4 heterocycles. The summed E-state index contributed by atoms with van der Waals surface area (Å²) in [6, 6.07) is 7.18. The van der Waals surface area contributed by atoms with Crippen molar-refractivity contribution in [1.29, 1.82) is 0 Å². The molecule has 3 aliphatic heterocycles. The topological polar surface area (TPSA) is 97.6 Å². The van der Waals surface area contributed by atoms with Crippen LogP contribution < -0.4 is 0 Å². The molecule has 2 saturated heterocycles. The molecule has 9 heteroatoms. The van der Waals surface area contributed by atoms with E-state index in [0.717, 1.165) is 16.9 Å². The molecule has 0 aliphatic carbocycles. The van der Waals surface area contributed by atoms with Gasteiger partial charge in [0.05, 0.1) is 42.6 Å². The van der Waals surface area contributed by atoms with E-state index in [4.69, 9.17) is 4.74 Å². The van der Waals surface area contributed by atoms with Crippen LogP contribution >= 0.6 is 0 Å². The fourth-order valence-electron chi connectivity index (χ4n) is 5.38. The standard InChI is InChI=1S/C20H21N5O4/c1-4-23-17(26)14-15(18(23)27)20(2,19(28)29-3)24-10-11-9-21-22-25(11)13-8-6-5-7-12(13)16(14)24/h5-9,14-16H,4,10H2,1-3H3/t14-,15-,16-,20-/m1/s1. The van der Waals surface area contributed by atoms with Crippen LogP contribution in [0.15, 0.2) is 30.5 Å². The van der Waals surface area contributed by atoms with Gasteiger partial charge >= 0.3 is 5.97 Å². The quantitative estimate of drug-likeness (QED) is 0.545. The maximum Gasteiger partial charge on any atom is 0.326 e. The number of hydrogen-bond acceptors (Lipinski definition) is 7. The minimum absolute atomic E-state index is 0.238. The third kappa shape index (κ3) is 2.05. The zero-order chi connectivity index (χ0) is 20.5. The molecule has 150 valence electrons. The number of carbonyl (C=O) groups is 3. The smallest absolute Gasteiger partial charge is 0.326 e. The second-order valence-corrected chi connectivity index (χ2v) is 7.83. The summed E-state index contributed by atoms with van der Waals surface area (Å²) in [7, 11) is 1.31. The van der Waals surface area contributed by atoms with E-state index in [1.54, 1.807) is 24.7 Å². The van der Waals surface area contributed by atoms with Gasteiger partial charge in [-0.2, -0.15) is 0 Å². The average Bonchev–Trinajstić information content (AvgIpc) is 3.33. The van der Waals surface area contributed by atoms with E-state index in [0.29, 0.717) is 6.54 Å². The number of carbonyl (C=O) groups excluding carboxylic acids is 3. The lowest BCUT2D eigenvalue weighted by molar-refractivity contribution is -0.160. The highest BCUT2D eigenvalue weighted by atomic mass is 16.5. The van der Waals surface area contributed by atoms with Gasteiger partial charge in [0.25, 0.3) is 0 Å². The number of nitrogens with zero attached hydrogens (tertiary/aromatic N) is 5. The average molecular weight is 395 g/mol. The Morgan fingerprint density at radius 2 is 2.03 bits per heavy atom. The van der Waals surface area contributed by atoms with Crippen LogP contribution in [0, 0.1) is 11.8 Å². The maximum absolute atomic E-state index is 13.3. The fraction of sp³-hybridized carbons (Fsp3) is 0.450. The predicted octanol–water partition coefficient (Wildman–Crippen LogP) is 0.690. The molecule has 29 heavy (non-hydrogen) atoms. The first kappa shape index (κ1) is 18.0. The summed E-state index contributed by atoms with van der Waals surface area (Å²) >= 11 is 0. The second kappa shape index (κ2) is 5.96. The Bertz CT molecular complexity index is 1050. The molecule has 9 nitrogen and oxygen atoms in total. The van der Waals surface area contributed by atoms with Crippen molar-refractivity contribution in [2.75, 3.05) is 13.7 Å². The number of hydrogen-bond donors (Lipinski definition) is 0. The number of aromatic nitrogens is 3. The third-order valence-corrected chi connectivity index (χ3v) is 6.67. The number of methoxy groups -OCH3 is 1. The monoisotopic (exact) mass is 395 g/mol. The lowest BCUT2D eigenvalue weighted by atomic mass is 9.80. The van der Waals surface area contributed by atoms with Gasteiger partial charge in [-0.05, 0) is 25.5 Å². The Kier molecular flexibility index (Phi) is 3.70. The van der Waals surface area contributed by atoms with Gasteiger partial charge in [-0.1, -0.05) is 23.4 Å². The molecule has 4 atom stereocenters. The minimum Gasteiger partial charge on any atom is -0.468 e. The zero-order valence-corrected chi connectivity index (χ0v) is 16.4. The number of para-hydroxylation sites is 1. The van der Waals surface area contributed by atoms with E-state index >= 15 is 0 Å². The summed E-state index contributed by atoms with van der Waals surface area (Å²) in [6.45, 7) is 4.08. The number of likely N-dealkylation sites (tertiary alicyclic amines) is 1. The zero-order valence-electron chi connectivity index (χ0n) is 16.4. The Morgan fingerprint density at radius 1 is 1.28 bits per heavy atom. The van der Waals surface area contributed by atoms with Crippen molar-refractivity contribution in [3.8, 4) is 5.69 Å². The highest BCUT2D eigenvalue weighted by molar-refractivity contribution is 6.09. The number of imide groups is 1. The first-order chi connectivity index (χ1) is 13.9. The van der Waals surface area contributed by atoms with Crippen LogP contribution in [0.25, 0.3) is 5.69 Å². The Hall–Kier alpha value is -3.07. The van der Waals surface area contributed by atoms with Crippen molar-refractivity contribution in [2.45, 2.75) is 32.0 Å². The van der Waals surface area contributed by atoms with Crippen molar-refractivity contribution in [3.63, 3.8) is 0 Å². The number of esters is 1.